The van der Waals surface area contributed by atoms with Crippen LogP contribution in [0.2, 0.25) is 0 Å². The number of hydrogen-bond acceptors (Lipinski definition) is 6. The topological polar surface area (TPSA) is 93.8 Å². The Morgan fingerprint density at radius 2 is 1.97 bits per heavy atom. The molecule has 9 heteroatoms. The maximum Gasteiger partial charge on any atom is 0.232 e. The van der Waals surface area contributed by atoms with Crippen LogP contribution in [0.3, 0.4) is 0 Å². The van der Waals surface area contributed by atoms with Gasteiger partial charge in [-0.15, -0.1) is 24.0 Å². The molecule has 0 fully saturated rings. The summed E-state index contributed by atoms with van der Waals surface area (Å²) < 4.78 is 16.1. The zero-order chi connectivity index (χ0) is 20.7. The van der Waals surface area contributed by atoms with E-state index in [2.05, 4.69) is 25.8 Å². The Morgan fingerprint density at radius 3 is 2.52 bits per heavy atom. The normalized spacial score (nSPS) is 12.7. The van der Waals surface area contributed by atoms with E-state index in [1.54, 1.807) is 14.2 Å². The smallest absolute Gasteiger partial charge is 0.232 e. The summed E-state index contributed by atoms with van der Waals surface area (Å²) in [6, 6.07) is 5.66. The van der Waals surface area contributed by atoms with Gasteiger partial charge in [0.15, 0.2) is 11.8 Å². The SMILES string of the molecule is CCNC(=NCc1noc(C(C)(C)C)n1)NC(C)c1cc(OC)ccc1OC.I. The molecule has 1 atom stereocenters. The van der Waals surface area contributed by atoms with E-state index in [4.69, 9.17) is 14.0 Å². The van der Waals surface area contributed by atoms with Gasteiger partial charge in [0.1, 0.15) is 18.0 Å². The Labute approximate surface area is 189 Å². The molecular formula is C20H32IN5O3. The van der Waals surface area contributed by atoms with Crippen LogP contribution in [0, 0.1) is 0 Å². The second-order valence-electron chi connectivity index (χ2n) is 7.43. The van der Waals surface area contributed by atoms with Crippen molar-refractivity contribution in [1.82, 2.24) is 20.8 Å². The van der Waals surface area contributed by atoms with Gasteiger partial charge in [-0.05, 0) is 32.0 Å². The number of aliphatic imine (C=N–C) groups is 1. The molecule has 2 aromatic rings. The minimum Gasteiger partial charge on any atom is -0.497 e. The van der Waals surface area contributed by atoms with E-state index >= 15 is 0 Å². The van der Waals surface area contributed by atoms with E-state index in [1.807, 2.05) is 52.8 Å². The third-order valence-electron chi connectivity index (χ3n) is 4.09. The van der Waals surface area contributed by atoms with Crippen molar-refractivity contribution in [2.24, 2.45) is 4.99 Å². The van der Waals surface area contributed by atoms with Crippen molar-refractivity contribution in [3.8, 4) is 11.5 Å². The average molecular weight is 517 g/mol. The fourth-order valence-corrected chi connectivity index (χ4v) is 2.55. The van der Waals surface area contributed by atoms with Crippen LogP contribution in [0.15, 0.2) is 27.7 Å². The first-order valence-electron chi connectivity index (χ1n) is 9.38. The zero-order valence-corrected chi connectivity index (χ0v) is 20.5. The fourth-order valence-electron chi connectivity index (χ4n) is 2.55. The molecule has 2 N–H and O–H groups in total. The first-order chi connectivity index (χ1) is 13.3. The van der Waals surface area contributed by atoms with Gasteiger partial charge in [-0.2, -0.15) is 4.98 Å². The number of guanidine groups is 1. The summed E-state index contributed by atoms with van der Waals surface area (Å²) in [6.45, 7) is 11.2. The second-order valence-corrected chi connectivity index (χ2v) is 7.43. The summed E-state index contributed by atoms with van der Waals surface area (Å²) in [5.74, 6) is 3.36. The number of nitrogens with one attached hydrogen (secondary N) is 2. The van der Waals surface area contributed by atoms with Crippen LogP contribution in [-0.4, -0.2) is 36.9 Å². The Morgan fingerprint density at radius 1 is 1.24 bits per heavy atom. The number of methoxy groups -OCH3 is 2. The van der Waals surface area contributed by atoms with Gasteiger partial charge in [0.25, 0.3) is 0 Å². The van der Waals surface area contributed by atoms with Crippen LogP contribution in [0.5, 0.6) is 11.5 Å². The summed E-state index contributed by atoms with van der Waals surface area (Å²) in [4.78, 5) is 9.00. The summed E-state index contributed by atoms with van der Waals surface area (Å²) in [6.07, 6.45) is 0. The molecule has 0 radical (unpaired) electrons. The second kappa shape index (κ2) is 11.2. The van der Waals surface area contributed by atoms with Gasteiger partial charge >= 0.3 is 0 Å². The molecule has 162 valence electrons. The fraction of sp³-hybridized carbons (Fsp3) is 0.550. The molecule has 0 saturated heterocycles. The third kappa shape index (κ3) is 7.06. The molecule has 0 aliphatic carbocycles. The molecular weight excluding hydrogens is 485 g/mol. The Kier molecular flexibility index (Phi) is 9.67. The van der Waals surface area contributed by atoms with Crippen LogP contribution in [-0.2, 0) is 12.0 Å². The van der Waals surface area contributed by atoms with Crippen molar-refractivity contribution >= 4 is 29.9 Å². The highest BCUT2D eigenvalue weighted by Gasteiger charge is 2.21. The number of benzene rings is 1. The van der Waals surface area contributed by atoms with E-state index in [0.717, 1.165) is 23.6 Å². The van der Waals surface area contributed by atoms with Crippen molar-refractivity contribution in [2.45, 2.75) is 52.6 Å². The number of ether oxygens (including phenoxy) is 2. The lowest BCUT2D eigenvalue weighted by Gasteiger charge is -2.20. The summed E-state index contributed by atoms with van der Waals surface area (Å²) in [5.41, 5.74) is 0.789. The molecule has 0 aliphatic rings. The number of hydrogen-bond donors (Lipinski definition) is 2. The van der Waals surface area contributed by atoms with Crippen LogP contribution in [0.25, 0.3) is 0 Å². The Balaban J connectivity index is 0.00000420. The zero-order valence-electron chi connectivity index (χ0n) is 18.2. The molecule has 1 unspecified atom stereocenters. The van der Waals surface area contributed by atoms with Crippen molar-refractivity contribution in [1.29, 1.82) is 0 Å². The van der Waals surface area contributed by atoms with Crippen molar-refractivity contribution in [3.05, 3.63) is 35.5 Å². The molecule has 1 aromatic carbocycles. The molecule has 2 rings (SSSR count). The van der Waals surface area contributed by atoms with Gasteiger partial charge in [0.2, 0.25) is 5.89 Å². The van der Waals surface area contributed by atoms with E-state index in [0.29, 0.717) is 24.2 Å². The lowest BCUT2D eigenvalue weighted by atomic mass is 9.97. The minimum absolute atomic E-state index is 0. The lowest BCUT2D eigenvalue weighted by Crippen LogP contribution is -2.38. The summed E-state index contributed by atoms with van der Waals surface area (Å²) >= 11 is 0. The van der Waals surface area contributed by atoms with Crippen LogP contribution in [0.1, 0.15) is 57.9 Å². The highest BCUT2D eigenvalue weighted by Crippen LogP contribution is 2.29. The first-order valence-corrected chi connectivity index (χ1v) is 9.38. The predicted octanol–water partition coefficient (Wildman–Crippen LogP) is 3.82. The summed E-state index contributed by atoms with van der Waals surface area (Å²) in [5, 5.41) is 10.6. The van der Waals surface area contributed by atoms with Gasteiger partial charge in [-0.1, -0.05) is 25.9 Å². The number of rotatable bonds is 7. The van der Waals surface area contributed by atoms with Gasteiger partial charge < -0.3 is 24.6 Å². The first kappa shape index (κ1) is 25.0. The highest BCUT2D eigenvalue weighted by atomic mass is 127. The quantitative estimate of drug-likeness (QED) is 0.328. The standard InChI is InChI=1S/C20H31N5O3.HI/c1-8-21-19(22-12-17-24-18(28-25-17)20(3,4)5)23-13(2)15-11-14(26-6)9-10-16(15)27-7;/h9-11,13H,8,12H2,1-7H3,(H2,21,22,23);1H. The maximum absolute atomic E-state index is 5.48. The van der Waals surface area contributed by atoms with Crippen LogP contribution >= 0.6 is 24.0 Å². The molecule has 29 heavy (non-hydrogen) atoms. The molecule has 8 nitrogen and oxygen atoms in total. The number of nitrogens with zero attached hydrogens (tertiary/aromatic N) is 3. The largest absolute Gasteiger partial charge is 0.497 e. The Bertz CT molecular complexity index is 802. The van der Waals surface area contributed by atoms with Gasteiger partial charge in [-0.3, -0.25) is 0 Å². The molecule has 0 saturated carbocycles. The van der Waals surface area contributed by atoms with Crippen LogP contribution < -0.4 is 20.1 Å². The predicted molar refractivity (Wildman–Crippen MR) is 124 cm³/mol. The van der Waals surface area contributed by atoms with E-state index in [1.165, 1.54) is 0 Å². The Hall–Kier alpha value is -2.04. The van der Waals surface area contributed by atoms with E-state index in [-0.39, 0.29) is 35.4 Å². The van der Waals surface area contributed by atoms with Crippen molar-refractivity contribution in [2.75, 3.05) is 20.8 Å². The summed E-state index contributed by atoms with van der Waals surface area (Å²) in [7, 11) is 3.30. The van der Waals surface area contributed by atoms with Gasteiger partial charge in [0.05, 0.1) is 20.3 Å². The lowest BCUT2D eigenvalue weighted by molar-refractivity contribution is 0.318. The van der Waals surface area contributed by atoms with Gasteiger partial charge in [0, 0.05) is 17.5 Å². The van der Waals surface area contributed by atoms with Crippen molar-refractivity contribution in [3.63, 3.8) is 0 Å². The number of aromatic nitrogens is 2. The average Bonchev–Trinajstić information content (AvgIpc) is 3.15. The van der Waals surface area contributed by atoms with Crippen molar-refractivity contribution < 1.29 is 14.0 Å². The minimum atomic E-state index is -0.185. The molecule has 0 bridgehead atoms. The molecule has 0 aliphatic heterocycles. The van der Waals surface area contributed by atoms with Gasteiger partial charge in [-0.25, -0.2) is 4.99 Å². The maximum atomic E-state index is 5.48. The third-order valence-corrected chi connectivity index (χ3v) is 4.09. The number of halogens is 1. The monoisotopic (exact) mass is 517 g/mol. The highest BCUT2D eigenvalue weighted by molar-refractivity contribution is 14.0. The molecule has 1 heterocycles. The molecule has 0 amide bonds. The molecule has 0 spiro atoms. The molecule has 1 aromatic heterocycles. The van der Waals surface area contributed by atoms with E-state index in [9.17, 15) is 0 Å². The van der Waals surface area contributed by atoms with E-state index < -0.39 is 0 Å². The van der Waals surface area contributed by atoms with Crippen LogP contribution in [0.4, 0.5) is 0 Å².